The van der Waals surface area contributed by atoms with E-state index in [4.69, 9.17) is 0 Å². The number of aromatic nitrogens is 3. The van der Waals surface area contributed by atoms with Crippen molar-refractivity contribution in [3.63, 3.8) is 0 Å². The highest BCUT2D eigenvalue weighted by Gasteiger charge is 2.31. The SMILES string of the molecule is Cc1ccc(-c2c(C(=O)O)nnn2-c2cccc(C(F)(F)F)c2)cc1. The van der Waals surface area contributed by atoms with Gasteiger partial charge < -0.3 is 5.11 Å². The largest absolute Gasteiger partial charge is 0.476 e. The lowest BCUT2D eigenvalue weighted by Gasteiger charge is -2.11. The quantitative estimate of drug-likeness (QED) is 0.779. The standard InChI is InChI=1S/C17H12F3N3O2/c1-10-5-7-11(8-6-10)15-14(16(24)25)21-22-23(15)13-4-2-3-12(9-13)17(18,19)20/h2-9H,1H3,(H,24,25). The Bertz CT molecular complexity index is 931. The molecule has 1 aromatic heterocycles. The Balaban J connectivity index is 2.21. The first-order valence-corrected chi connectivity index (χ1v) is 7.21. The minimum atomic E-state index is -4.52. The number of rotatable bonds is 3. The lowest BCUT2D eigenvalue weighted by molar-refractivity contribution is -0.137. The van der Waals surface area contributed by atoms with Crippen LogP contribution in [0.1, 0.15) is 21.6 Å². The van der Waals surface area contributed by atoms with Gasteiger partial charge in [-0.25, -0.2) is 9.48 Å². The molecule has 1 heterocycles. The van der Waals surface area contributed by atoms with Gasteiger partial charge >= 0.3 is 12.1 Å². The molecule has 0 radical (unpaired) electrons. The van der Waals surface area contributed by atoms with E-state index in [2.05, 4.69) is 10.3 Å². The van der Waals surface area contributed by atoms with E-state index in [1.165, 1.54) is 12.1 Å². The van der Waals surface area contributed by atoms with Crippen molar-refractivity contribution < 1.29 is 23.1 Å². The second-order valence-corrected chi connectivity index (χ2v) is 5.42. The molecule has 0 amide bonds. The molecule has 5 nitrogen and oxygen atoms in total. The van der Waals surface area contributed by atoms with Gasteiger partial charge in [0.2, 0.25) is 0 Å². The van der Waals surface area contributed by atoms with Gasteiger partial charge in [-0.05, 0) is 25.1 Å². The van der Waals surface area contributed by atoms with Crippen LogP contribution < -0.4 is 0 Å². The zero-order chi connectivity index (χ0) is 18.2. The summed E-state index contributed by atoms with van der Waals surface area (Å²) in [6.07, 6.45) is -4.52. The number of benzene rings is 2. The number of hydrogen-bond acceptors (Lipinski definition) is 3. The molecule has 1 N–H and O–H groups in total. The average Bonchev–Trinajstić information content (AvgIpc) is 3.00. The van der Waals surface area contributed by atoms with Crippen LogP contribution in [0.3, 0.4) is 0 Å². The number of halogens is 3. The Morgan fingerprint density at radius 2 is 1.80 bits per heavy atom. The topological polar surface area (TPSA) is 68.0 Å². The molecule has 25 heavy (non-hydrogen) atoms. The lowest BCUT2D eigenvalue weighted by atomic mass is 10.1. The van der Waals surface area contributed by atoms with Crippen molar-refractivity contribution >= 4 is 5.97 Å². The molecule has 0 fully saturated rings. The maximum Gasteiger partial charge on any atom is 0.416 e. The Labute approximate surface area is 140 Å². The first kappa shape index (κ1) is 16.7. The molecular formula is C17H12F3N3O2. The van der Waals surface area contributed by atoms with Gasteiger partial charge in [-0.2, -0.15) is 13.2 Å². The number of aromatic carboxylic acids is 1. The molecule has 128 valence electrons. The van der Waals surface area contributed by atoms with Crippen molar-refractivity contribution in [2.75, 3.05) is 0 Å². The Morgan fingerprint density at radius 3 is 2.40 bits per heavy atom. The smallest absolute Gasteiger partial charge is 0.416 e. The summed E-state index contributed by atoms with van der Waals surface area (Å²) in [6.45, 7) is 1.87. The highest BCUT2D eigenvalue weighted by Crippen LogP contribution is 2.32. The minimum Gasteiger partial charge on any atom is -0.476 e. The van der Waals surface area contributed by atoms with E-state index in [0.717, 1.165) is 22.4 Å². The Morgan fingerprint density at radius 1 is 1.12 bits per heavy atom. The van der Waals surface area contributed by atoms with E-state index in [1.54, 1.807) is 24.3 Å². The van der Waals surface area contributed by atoms with Crippen molar-refractivity contribution in [1.29, 1.82) is 0 Å². The summed E-state index contributed by atoms with van der Waals surface area (Å²) in [5, 5.41) is 16.7. The lowest BCUT2D eigenvalue weighted by Crippen LogP contribution is -2.07. The predicted molar refractivity (Wildman–Crippen MR) is 83.5 cm³/mol. The van der Waals surface area contributed by atoms with E-state index in [-0.39, 0.29) is 17.1 Å². The molecular weight excluding hydrogens is 335 g/mol. The number of aryl methyl sites for hydroxylation is 1. The van der Waals surface area contributed by atoms with E-state index >= 15 is 0 Å². The van der Waals surface area contributed by atoms with Crippen LogP contribution >= 0.6 is 0 Å². The molecule has 0 bridgehead atoms. The van der Waals surface area contributed by atoms with Crippen LogP contribution in [-0.2, 0) is 6.18 Å². The molecule has 0 aliphatic rings. The van der Waals surface area contributed by atoms with Crippen LogP contribution in [0.4, 0.5) is 13.2 Å². The number of nitrogens with zero attached hydrogens (tertiary/aromatic N) is 3. The maximum atomic E-state index is 12.9. The molecule has 3 aromatic rings. The molecule has 8 heteroatoms. The average molecular weight is 347 g/mol. The number of carbonyl (C=O) groups is 1. The summed E-state index contributed by atoms with van der Waals surface area (Å²) in [4.78, 5) is 11.4. The summed E-state index contributed by atoms with van der Waals surface area (Å²) >= 11 is 0. The zero-order valence-electron chi connectivity index (χ0n) is 12.9. The van der Waals surface area contributed by atoms with Gasteiger partial charge in [0.25, 0.3) is 0 Å². The zero-order valence-corrected chi connectivity index (χ0v) is 12.9. The molecule has 2 aromatic carbocycles. The second kappa shape index (κ2) is 6.04. The van der Waals surface area contributed by atoms with Gasteiger partial charge in [0.1, 0.15) is 5.69 Å². The van der Waals surface area contributed by atoms with E-state index < -0.39 is 17.7 Å². The van der Waals surface area contributed by atoms with E-state index in [1.807, 2.05) is 6.92 Å². The third kappa shape index (κ3) is 3.23. The summed E-state index contributed by atoms with van der Waals surface area (Å²) in [6, 6.07) is 11.4. The number of carboxylic acids is 1. The van der Waals surface area contributed by atoms with Crippen molar-refractivity contribution in [3.05, 3.63) is 65.4 Å². The highest BCUT2D eigenvalue weighted by molar-refractivity contribution is 5.93. The highest BCUT2D eigenvalue weighted by atomic mass is 19.4. The number of hydrogen-bond donors (Lipinski definition) is 1. The van der Waals surface area contributed by atoms with Gasteiger partial charge in [0.05, 0.1) is 11.3 Å². The number of alkyl halides is 3. The fraction of sp³-hybridized carbons (Fsp3) is 0.118. The molecule has 0 aliphatic carbocycles. The van der Waals surface area contributed by atoms with Crippen LogP contribution in [0, 0.1) is 6.92 Å². The second-order valence-electron chi connectivity index (χ2n) is 5.42. The molecule has 0 saturated carbocycles. The molecule has 0 atom stereocenters. The van der Waals surface area contributed by atoms with Crippen LogP contribution in [0.15, 0.2) is 48.5 Å². The maximum absolute atomic E-state index is 12.9. The first-order valence-electron chi connectivity index (χ1n) is 7.21. The molecule has 0 aliphatic heterocycles. The van der Waals surface area contributed by atoms with Crippen LogP contribution in [0.2, 0.25) is 0 Å². The van der Waals surface area contributed by atoms with Crippen molar-refractivity contribution in [2.24, 2.45) is 0 Å². The predicted octanol–water partition coefficient (Wildman–Crippen LogP) is 3.96. The fourth-order valence-electron chi connectivity index (χ4n) is 2.39. The van der Waals surface area contributed by atoms with Gasteiger partial charge in [0.15, 0.2) is 5.69 Å². The van der Waals surface area contributed by atoms with Gasteiger partial charge in [0, 0.05) is 5.56 Å². The number of carboxylic acid groups (broad SMARTS) is 1. The van der Waals surface area contributed by atoms with E-state index in [9.17, 15) is 23.1 Å². The van der Waals surface area contributed by atoms with E-state index in [0.29, 0.717) is 5.56 Å². The van der Waals surface area contributed by atoms with Crippen molar-refractivity contribution in [2.45, 2.75) is 13.1 Å². The summed E-state index contributed by atoms with van der Waals surface area (Å²) in [5.74, 6) is -1.31. The summed E-state index contributed by atoms with van der Waals surface area (Å²) < 4.78 is 39.9. The van der Waals surface area contributed by atoms with Crippen LogP contribution in [-0.4, -0.2) is 26.1 Å². The molecule has 3 rings (SSSR count). The summed E-state index contributed by atoms with van der Waals surface area (Å²) in [5.41, 5.74) is 0.454. The monoisotopic (exact) mass is 347 g/mol. The molecule has 0 spiro atoms. The third-order valence-electron chi connectivity index (χ3n) is 3.62. The Hall–Kier alpha value is -3.16. The normalized spacial score (nSPS) is 11.5. The van der Waals surface area contributed by atoms with Crippen molar-refractivity contribution in [3.8, 4) is 16.9 Å². The van der Waals surface area contributed by atoms with Gasteiger partial charge in [-0.15, -0.1) is 5.10 Å². The van der Waals surface area contributed by atoms with Crippen LogP contribution in [0.5, 0.6) is 0 Å². The third-order valence-corrected chi connectivity index (χ3v) is 3.62. The van der Waals surface area contributed by atoms with Gasteiger partial charge in [-0.1, -0.05) is 41.1 Å². The van der Waals surface area contributed by atoms with Crippen molar-refractivity contribution in [1.82, 2.24) is 15.0 Å². The van der Waals surface area contributed by atoms with Gasteiger partial charge in [-0.3, -0.25) is 0 Å². The molecule has 0 unspecified atom stereocenters. The minimum absolute atomic E-state index is 0.0744. The molecule has 0 saturated heterocycles. The van der Waals surface area contributed by atoms with Crippen LogP contribution in [0.25, 0.3) is 16.9 Å². The first-order chi connectivity index (χ1) is 11.8. The summed E-state index contributed by atoms with van der Waals surface area (Å²) in [7, 11) is 0. The Kier molecular flexibility index (Phi) is 4.03. The fourth-order valence-corrected chi connectivity index (χ4v) is 2.39.